The van der Waals surface area contributed by atoms with Crippen molar-refractivity contribution in [3.05, 3.63) is 82.9 Å². The van der Waals surface area contributed by atoms with E-state index in [0.717, 1.165) is 0 Å². The van der Waals surface area contributed by atoms with E-state index in [0.29, 0.717) is 7.25 Å². The molecule has 0 bridgehead atoms. The summed E-state index contributed by atoms with van der Waals surface area (Å²) >= 11 is -3.08. The first-order valence-electron chi connectivity index (χ1n) is 8.63. The van der Waals surface area contributed by atoms with Crippen LogP contribution in [0.3, 0.4) is 0 Å². The Kier molecular flexibility index (Phi) is 6.12. The first-order chi connectivity index (χ1) is 11.0. The van der Waals surface area contributed by atoms with Crippen LogP contribution in [-0.2, 0) is 17.4 Å². The van der Waals surface area contributed by atoms with E-state index in [1.807, 2.05) is 0 Å². The summed E-state index contributed by atoms with van der Waals surface area (Å²) in [6.45, 7) is 4.87. The Morgan fingerprint density at radius 3 is 1.60 bits per heavy atom. The molecule has 0 amide bonds. The molecule has 25 heavy (non-hydrogen) atoms. The second-order valence-corrected chi connectivity index (χ2v) is 36.9. The van der Waals surface area contributed by atoms with Gasteiger partial charge in [0.05, 0.1) is 0 Å². The maximum absolute atomic E-state index is 3.08. The Morgan fingerprint density at radius 2 is 1.20 bits per heavy atom. The van der Waals surface area contributed by atoms with Crippen LogP contribution in [0.1, 0.15) is 36.4 Å². The van der Waals surface area contributed by atoms with Gasteiger partial charge in [0.25, 0.3) is 0 Å². The molecule has 2 aromatic rings. The monoisotopic (exact) mass is 466 g/mol. The van der Waals surface area contributed by atoms with Crippen molar-refractivity contribution in [2.24, 2.45) is 0 Å². The molecule has 0 aliphatic heterocycles. The van der Waals surface area contributed by atoms with Crippen molar-refractivity contribution in [3.63, 3.8) is 0 Å². The summed E-state index contributed by atoms with van der Waals surface area (Å²) in [4.78, 5) is 0. The summed E-state index contributed by atoms with van der Waals surface area (Å²) in [5, 5.41) is 0. The zero-order valence-corrected chi connectivity index (χ0v) is 20.3. The predicted molar refractivity (Wildman–Crippen MR) is 116 cm³/mol. The van der Waals surface area contributed by atoms with E-state index in [2.05, 4.69) is 91.3 Å². The molecule has 2 aromatic carbocycles. The van der Waals surface area contributed by atoms with Crippen molar-refractivity contribution in [1.82, 2.24) is 0 Å². The van der Waals surface area contributed by atoms with Gasteiger partial charge in [0.1, 0.15) is 0 Å². The van der Waals surface area contributed by atoms with Crippen LogP contribution < -0.4 is 0 Å². The Balaban J connectivity index is 0.00000113. The van der Waals surface area contributed by atoms with E-state index in [-0.39, 0.29) is 24.8 Å². The van der Waals surface area contributed by atoms with Crippen molar-refractivity contribution in [2.75, 3.05) is 0 Å². The molecule has 0 saturated heterocycles. The first-order valence-corrected chi connectivity index (χ1v) is 21.6. The maximum Gasteiger partial charge on any atom is -0.147 e. The van der Waals surface area contributed by atoms with Gasteiger partial charge in [-0.15, -0.1) is 24.8 Å². The van der Waals surface area contributed by atoms with Gasteiger partial charge in [-0.3, -0.25) is 0 Å². The van der Waals surface area contributed by atoms with Crippen molar-refractivity contribution < 1.29 is 17.4 Å². The van der Waals surface area contributed by atoms with Gasteiger partial charge in [-0.1, -0.05) is 0 Å². The van der Waals surface area contributed by atoms with Crippen LogP contribution in [0, 0.1) is 0 Å². The van der Waals surface area contributed by atoms with Gasteiger partial charge in [-0.25, -0.2) is 0 Å². The van der Waals surface area contributed by atoms with Crippen LogP contribution in [0.25, 0.3) is 12.2 Å². The molecule has 0 fully saturated rings. The van der Waals surface area contributed by atoms with Gasteiger partial charge in [-0.2, -0.15) is 0 Å². The smallest absolute Gasteiger partial charge is 0.147 e. The van der Waals surface area contributed by atoms with Crippen molar-refractivity contribution >= 4 is 43.8 Å². The molecule has 0 spiro atoms. The number of hydrogen-bond donors (Lipinski definition) is 0. The molecule has 0 saturated carbocycles. The molecule has 2 aliphatic rings. The van der Waals surface area contributed by atoms with E-state index in [4.69, 9.17) is 0 Å². The zero-order chi connectivity index (χ0) is 16.1. The van der Waals surface area contributed by atoms with E-state index >= 15 is 0 Å². The standard InChI is InChI=1S/2C9H7.C2H5.CH3.2ClH.H2Si.Zr/c2*1-2-5-9-7-3-6-8(9)4-1;1-2;;;;;/h2*1-7H;1H2,2H3;1H3;2*1H;1H2;. The first kappa shape index (κ1) is 20.9. The molecule has 0 nitrogen and oxygen atoms in total. The Morgan fingerprint density at radius 1 is 0.800 bits per heavy atom. The number of fused-ring (bicyclic) bond motifs is 2. The van der Waals surface area contributed by atoms with Gasteiger partial charge in [0, 0.05) is 0 Å². The summed E-state index contributed by atoms with van der Waals surface area (Å²) in [5.41, 5.74) is 6.04. The normalized spacial score (nSPS) is 20.4. The Labute approximate surface area is 166 Å². The number of hydrogen-bond acceptors (Lipinski definition) is 0. The number of benzene rings is 2. The number of allylic oxidation sites excluding steroid dienone is 2. The van der Waals surface area contributed by atoms with E-state index in [9.17, 15) is 0 Å². The topological polar surface area (TPSA) is 0 Å². The van der Waals surface area contributed by atoms with Crippen LogP contribution in [0.5, 0.6) is 0 Å². The third-order valence-corrected chi connectivity index (χ3v) is 31.2. The van der Waals surface area contributed by atoms with Gasteiger partial charge in [0.2, 0.25) is 0 Å². The Bertz CT molecular complexity index is 848. The average Bonchev–Trinajstić information content (AvgIpc) is 3.20. The Hall–Kier alpha value is -0.400. The van der Waals surface area contributed by atoms with Crippen molar-refractivity contribution in [3.8, 4) is 0 Å². The predicted octanol–water partition coefficient (Wildman–Crippen LogP) is 6.09. The third kappa shape index (κ3) is 3.10. The molecule has 0 heterocycles. The quantitative estimate of drug-likeness (QED) is 0.478. The largest absolute Gasteiger partial charge is 0.147 e. The van der Waals surface area contributed by atoms with Crippen LogP contribution in [0.4, 0.5) is 0 Å². The van der Waals surface area contributed by atoms with E-state index < -0.39 is 17.4 Å². The molecule has 2 atom stereocenters. The van der Waals surface area contributed by atoms with Gasteiger partial charge >= 0.3 is 142 Å². The van der Waals surface area contributed by atoms with Crippen LogP contribution >= 0.6 is 24.8 Å². The van der Waals surface area contributed by atoms with Gasteiger partial charge in [-0.05, 0) is 0 Å². The minimum absolute atomic E-state index is 0. The minimum Gasteiger partial charge on any atom is -0.147 e. The molecule has 0 N–H and O–H groups in total. The van der Waals surface area contributed by atoms with Crippen molar-refractivity contribution in [2.45, 2.75) is 22.9 Å². The van der Waals surface area contributed by atoms with E-state index in [1.165, 1.54) is 15.3 Å². The molecule has 0 aromatic heterocycles. The third-order valence-electron chi connectivity index (χ3n) is 6.47. The minimum atomic E-state index is -3.08. The summed E-state index contributed by atoms with van der Waals surface area (Å²) in [7, 11) is 0. The molecule has 2 aliphatic carbocycles. The van der Waals surface area contributed by atoms with Gasteiger partial charge < -0.3 is 0 Å². The van der Waals surface area contributed by atoms with Crippen LogP contribution in [0.15, 0.2) is 60.7 Å². The summed E-state index contributed by atoms with van der Waals surface area (Å²) in [6, 6.07) is 18.0. The summed E-state index contributed by atoms with van der Waals surface area (Å²) in [6.07, 6.45) is 9.79. The summed E-state index contributed by atoms with van der Waals surface area (Å²) < 4.78 is 5.38. The fourth-order valence-corrected chi connectivity index (χ4v) is 21.1. The van der Waals surface area contributed by atoms with Crippen molar-refractivity contribution in [1.29, 1.82) is 0 Å². The molecular weight excluding hydrogens is 442 g/mol. The van der Waals surface area contributed by atoms with Crippen LogP contribution in [-0.4, -0.2) is 6.88 Å². The fraction of sp³-hybridized carbons (Fsp3) is 0.238. The second-order valence-electron chi connectivity index (χ2n) is 7.80. The number of halogens is 2. The zero-order valence-electron chi connectivity index (χ0n) is 14.8. The molecule has 4 rings (SSSR count). The molecule has 132 valence electrons. The maximum atomic E-state index is 2.70. The number of rotatable bonds is 3. The SMILES string of the molecule is C[CH2][Zr]([CH3])(=[SiH2])([CH]1C=Cc2ccccc21)[CH]1C=Cc2ccccc21.Cl.Cl. The van der Waals surface area contributed by atoms with Crippen LogP contribution in [0.2, 0.25) is 8.76 Å². The average molecular weight is 469 g/mol. The second kappa shape index (κ2) is 7.31. The summed E-state index contributed by atoms with van der Waals surface area (Å²) in [5.74, 6) is 0. The fourth-order valence-electron chi connectivity index (χ4n) is 4.64. The van der Waals surface area contributed by atoms with Gasteiger partial charge in [0.15, 0.2) is 0 Å². The molecule has 0 radical (unpaired) electrons. The molecule has 4 heteroatoms. The molecule has 2 unspecified atom stereocenters. The molecular formula is C21H26Cl2SiZr. The van der Waals surface area contributed by atoms with E-state index in [1.54, 1.807) is 11.1 Å².